The van der Waals surface area contributed by atoms with E-state index in [0.29, 0.717) is 20.6 Å². The maximum Gasteiger partial charge on any atom is 0.242 e. The van der Waals surface area contributed by atoms with Gasteiger partial charge in [-0.3, -0.25) is 4.79 Å². The Bertz CT molecular complexity index is 963. The third kappa shape index (κ3) is 5.39. The van der Waals surface area contributed by atoms with Crippen LogP contribution in [0.4, 0.5) is 5.69 Å². The molecule has 0 fully saturated rings. The van der Waals surface area contributed by atoms with Gasteiger partial charge < -0.3 is 5.32 Å². The molecule has 0 saturated heterocycles. The molecule has 1 atom stereocenters. The number of amides is 1. The van der Waals surface area contributed by atoms with Crippen molar-refractivity contribution < 1.29 is 13.2 Å². The molecule has 0 saturated carbocycles. The molecule has 0 aliphatic carbocycles. The van der Waals surface area contributed by atoms with Crippen molar-refractivity contribution in [3.63, 3.8) is 0 Å². The molecule has 0 aliphatic heterocycles. The summed E-state index contributed by atoms with van der Waals surface area (Å²) in [5, 5.41) is 3.38. The van der Waals surface area contributed by atoms with Crippen molar-refractivity contribution in [1.82, 2.24) is 4.31 Å². The number of benzene rings is 2. The van der Waals surface area contributed by atoms with Crippen LogP contribution >= 0.6 is 35.0 Å². The van der Waals surface area contributed by atoms with E-state index in [9.17, 15) is 13.2 Å². The van der Waals surface area contributed by atoms with Gasteiger partial charge >= 0.3 is 0 Å². The van der Waals surface area contributed by atoms with E-state index >= 15 is 0 Å². The Balaban J connectivity index is 2.21. The zero-order valence-corrected chi connectivity index (χ0v) is 18.4. The van der Waals surface area contributed by atoms with Gasteiger partial charge in [-0.2, -0.15) is 0 Å². The van der Waals surface area contributed by atoms with Gasteiger partial charge in [-0.25, -0.2) is 12.7 Å². The lowest BCUT2D eigenvalue weighted by molar-refractivity contribution is -0.115. The second-order valence-electron chi connectivity index (χ2n) is 6.09. The first-order valence-electron chi connectivity index (χ1n) is 7.98. The summed E-state index contributed by atoms with van der Waals surface area (Å²) in [6.45, 7) is 3.54. The minimum atomic E-state index is -3.59. The molecule has 0 heterocycles. The van der Waals surface area contributed by atoms with Gasteiger partial charge in [-0.15, -0.1) is 11.8 Å². The molecule has 9 heteroatoms. The van der Waals surface area contributed by atoms with Crippen molar-refractivity contribution in [3.8, 4) is 0 Å². The Morgan fingerprint density at radius 1 is 1.15 bits per heavy atom. The molecule has 0 spiro atoms. The molecule has 2 aromatic rings. The van der Waals surface area contributed by atoms with Crippen LogP contribution < -0.4 is 5.32 Å². The molecule has 5 nitrogen and oxygen atoms in total. The fourth-order valence-electron chi connectivity index (χ4n) is 2.15. The number of halogens is 2. The molecule has 1 N–H and O–H groups in total. The molecule has 27 heavy (non-hydrogen) atoms. The number of carbonyl (C=O) groups is 1. The maximum atomic E-state index is 12.6. The summed E-state index contributed by atoms with van der Waals surface area (Å²) in [7, 11) is -0.668. The zero-order chi connectivity index (χ0) is 20.4. The highest BCUT2D eigenvalue weighted by atomic mass is 35.5. The highest BCUT2D eigenvalue weighted by molar-refractivity contribution is 8.00. The minimum Gasteiger partial charge on any atom is -0.325 e. The smallest absolute Gasteiger partial charge is 0.242 e. The van der Waals surface area contributed by atoms with Crippen LogP contribution in [0, 0.1) is 6.92 Å². The van der Waals surface area contributed by atoms with Gasteiger partial charge in [0, 0.05) is 29.7 Å². The number of thioether (sulfide) groups is 1. The number of rotatable bonds is 6. The highest BCUT2D eigenvalue weighted by Crippen LogP contribution is 2.33. The average molecular weight is 447 g/mol. The molecule has 1 amide bonds. The van der Waals surface area contributed by atoms with Gasteiger partial charge in [0.1, 0.15) is 0 Å². The average Bonchev–Trinajstić information content (AvgIpc) is 2.59. The van der Waals surface area contributed by atoms with Crippen molar-refractivity contribution in [2.24, 2.45) is 0 Å². The van der Waals surface area contributed by atoms with Crippen LogP contribution in [0.15, 0.2) is 46.2 Å². The van der Waals surface area contributed by atoms with Crippen LogP contribution in [0.3, 0.4) is 0 Å². The van der Waals surface area contributed by atoms with E-state index in [1.807, 2.05) is 0 Å². The Labute approximate surface area is 174 Å². The summed E-state index contributed by atoms with van der Waals surface area (Å²) >= 11 is 13.4. The second-order valence-corrected chi connectivity index (χ2v) is 10.5. The summed E-state index contributed by atoms with van der Waals surface area (Å²) in [6, 6.07) is 9.71. The largest absolute Gasteiger partial charge is 0.325 e. The number of nitrogens with zero attached hydrogens (tertiary/aromatic N) is 1. The lowest BCUT2D eigenvalue weighted by atomic mass is 10.2. The molecule has 0 bridgehead atoms. The summed E-state index contributed by atoms with van der Waals surface area (Å²) < 4.78 is 25.7. The maximum absolute atomic E-state index is 12.6. The number of anilines is 1. The third-order valence-electron chi connectivity index (χ3n) is 3.81. The normalized spacial score (nSPS) is 12.9. The van der Waals surface area contributed by atoms with E-state index in [2.05, 4.69) is 5.32 Å². The van der Waals surface area contributed by atoms with Gasteiger partial charge in [0.15, 0.2) is 0 Å². The Morgan fingerprint density at radius 2 is 1.81 bits per heavy atom. The monoisotopic (exact) mass is 446 g/mol. The van der Waals surface area contributed by atoms with Crippen molar-refractivity contribution in [2.45, 2.75) is 28.9 Å². The molecule has 146 valence electrons. The zero-order valence-electron chi connectivity index (χ0n) is 15.3. The second kappa shape index (κ2) is 8.84. The summed E-state index contributed by atoms with van der Waals surface area (Å²) in [5.74, 6) is -0.265. The molecule has 0 radical (unpaired) electrons. The number of aryl methyl sites for hydroxylation is 1. The molecular weight excluding hydrogens is 427 g/mol. The van der Waals surface area contributed by atoms with Crippen LogP contribution in [0.5, 0.6) is 0 Å². The Kier molecular flexibility index (Phi) is 7.21. The number of sulfonamides is 1. The molecule has 2 aromatic carbocycles. The lowest BCUT2D eigenvalue weighted by Gasteiger charge is -2.16. The van der Waals surface area contributed by atoms with Crippen LogP contribution in [0.1, 0.15) is 12.5 Å². The molecule has 1 unspecified atom stereocenters. The van der Waals surface area contributed by atoms with Crippen LogP contribution in [-0.2, 0) is 14.8 Å². The van der Waals surface area contributed by atoms with E-state index in [1.165, 1.54) is 38.0 Å². The van der Waals surface area contributed by atoms with E-state index in [0.717, 1.165) is 9.87 Å². The van der Waals surface area contributed by atoms with E-state index in [1.54, 1.807) is 38.1 Å². The molecule has 2 rings (SSSR count). The first-order valence-corrected chi connectivity index (χ1v) is 11.1. The number of hydrogen-bond acceptors (Lipinski definition) is 4. The lowest BCUT2D eigenvalue weighted by Crippen LogP contribution is -2.24. The van der Waals surface area contributed by atoms with E-state index in [4.69, 9.17) is 23.2 Å². The number of carbonyl (C=O) groups excluding carboxylic acids is 1. The predicted octanol–water partition coefficient (Wildman–Crippen LogP) is 4.67. The Hall–Kier alpha value is -1.25. The van der Waals surface area contributed by atoms with Crippen molar-refractivity contribution in [1.29, 1.82) is 0 Å². The van der Waals surface area contributed by atoms with Gasteiger partial charge in [-0.1, -0.05) is 29.3 Å². The first-order chi connectivity index (χ1) is 12.5. The van der Waals surface area contributed by atoms with Gasteiger partial charge in [0.05, 0.1) is 15.2 Å². The topological polar surface area (TPSA) is 66.5 Å². The number of hydrogen-bond donors (Lipinski definition) is 1. The summed E-state index contributed by atoms with van der Waals surface area (Å²) in [6.07, 6.45) is 0. The van der Waals surface area contributed by atoms with Gasteiger partial charge in [0.25, 0.3) is 0 Å². The van der Waals surface area contributed by atoms with Crippen molar-refractivity contribution >= 4 is 56.6 Å². The number of nitrogens with one attached hydrogen (secondary N) is 1. The third-order valence-corrected chi connectivity index (χ3v) is 7.46. The minimum absolute atomic E-state index is 0.117. The molecule has 0 aromatic heterocycles. The molecular formula is C18H20Cl2N2O3S2. The van der Waals surface area contributed by atoms with Gasteiger partial charge in [0.2, 0.25) is 15.9 Å². The summed E-state index contributed by atoms with van der Waals surface area (Å²) in [5.41, 5.74) is 1.21. The van der Waals surface area contributed by atoms with Gasteiger partial charge in [-0.05, 0) is 49.7 Å². The van der Waals surface area contributed by atoms with Crippen LogP contribution in [-0.4, -0.2) is 38.0 Å². The SMILES string of the molecule is Cc1ccc(S(=O)(=O)N(C)C)cc1NC(=O)C(C)Sc1cc(Cl)ccc1Cl. The fourth-order valence-corrected chi connectivity index (χ4v) is 4.49. The van der Waals surface area contributed by atoms with E-state index in [-0.39, 0.29) is 10.8 Å². The standard InChI is InChI=1S/C18H20Cl2N2O3S2/c1-11-5-7-14(27(24,25)22(3)4)10-16(11)21-18(23)12(2)26-17-9-13(19)6-8-15(17)20/h5-10,12H,1-4H3,(H,21,23). The quantitative estimate of drug-likeness (QED) is 0.654. The predicted molar refractivity (Wildman–Crippen MR) is 112 cm³/mol. The fraction of sp³-hybridized carbons (Fsp3) is 0.278. The van der Waals surface area contributed by atoms with Crippen LogP contribution in [0.25, 0.3) is 0 Å². The molecule has 0 aliphatic rings. The summed E-state index contributed by atoms with van der Waals surface area (Å²) in [4.78, 5) is 13.4. The van der Waals surface area contributed by atoms with Crippen molar-refractivity contribution in [3.05, 3.63) is 52.0 Å². The Morgan fingerprint density at radius 3 is 2.44 bits per heavy atom. The highest BCUT2D eigenvalue weighted by Gasteiger charge is 2.21. The van der Waals surface area contributed by atoms with Crippen molar-refractivity contribution in [2.75, 3.05) is 19.4 Å². The first kappa shape index (κ1) is 22.0. The van der Waals surface area contributed by atoms with E-state index < -0.39 is 15.3 Å². The van der Waals surface area contributed by atoms with Crippen LogP contribution in [0.2, 0.25) is 10.0 Å².